The Labute approximate surface area is 84.6 Å². The zero-order valence-electron chi connectivity index (χ0n) is 8.66. The summed E-state index contributed by atoms with van der Waals surface area (Å²) in [6.07, 6.45) is 1.20. The van der Waals surface area contributed by atoms with Crippen LogP contribution in [0.2, 0.25) is 0 Å². The molecule has 1 aromatic carbocycles. The number of hydrogen-bond acceptors (Lipinski definition) is 1. The maximum atomic E-state index is 10.5. The molecular formula is C12H16O2. The van der Waals surface area contributed by atoms with E-state index in [1.54, 1.807) is 0 Å². The van der Waals surface area contributed by atoms with Crippen LogP contribution in [0, 0.1) is 0 Å². The SMILES string of the molecule is CCC(C)c1cccc(CC(=O)O)c1. The molecule has 0 aliphatic rings. The number of carboxylic acids is 1. The molecule has 0 saturated carbocycles. The van der Waals surface area contributed by atoms with Gasteiger partial charge in [-0.1, -0.05) is 38.1 Å². The van der Waals surface area contributed by atoms with Crippen molar-refractivity contribution in [2.75, 3.05) is 0 Å². The van der Waals surface area contributed by atoms with Crippen LogP contribution in [-0.4, -0.2) is 11.1 Å². The lowest BCUT2D eigenvalue weighted by Gasteiger charge is -2.09. The van der Waals surface area contributed by atoms with Gasteiger partial charge in [-0.2, -0.15) is 0 Å². The maximum Gasteiger partial charge on any atom is 0.307 e. The molecule has 0 amide bonds. The van der Waals surface area contributed by atoms with Crippen LogP contribution in [0.25, 0.3) is 0 Å². The molecule has 1 N–H and O–H groups in total. The van der Waals surface area contributed by atoms with Gasteiger partial charge in [0.2, 0.25) is 0 Å². The molecule has 0 radical (unpaired) electrons. The Morgan fingerprint density at radius 1 is 1.50 bits per heavy atom. The number of rotatable bonds is 4. The predicted octanol–water partition coefficient (Wildman–Crippen LogP) is 2.83. The van der Waals surface area contributed by atoms with Crippen molar-refractivity contribution in [2.24, 2.45) is 0 Å². The fourth-order valence-corrected chi connectivity index (χ4v) is 1.42. The van der Waals surface area contributed by atoms with E-state index >= 15 is 0 Å². The molecular weight excluding hydrogens is 176 g/mol. The molecule has 0 aliphatic heterocycles. The van der Waals surface area contributed by atoms with E-state index in [0.717, 1.165) is 12.0 Å². The Balaban J connectivity index is 2.83. The average Bonchev–Trinajstić information content (AvgIpc) is 2.16. The zero-order chi connectivity index (χ0) is 10.6. The first kappa shape index (κ1) is 10.8. The van der Waals surface area contributed by atoms with E-state index in [1.165, 1.54) is 5.56 Å². The lowest BCUT2D eigenvalue weighted by Crippen LogP contribution is -2.01. The molecule has 14 heavy (non-hydrogen) atoms. The molecule has 0 saturated heterocycles. The molecule has 0 spiro atoms. The molecule has 1 unspecified atom stereocenters. The highest BCUT2D eigenvalue weighted by molar-refractivity contribution is 5.70. The first-order valence-electron chi connectivity index (χ1n) is 4.94. The van der Waals surface area contributed by atoms with Crippen LogP contribution < -0.4 is 0 Å². The molecule has 2 nitrogen and oxygen atoms in total. The van der Waals surface area contributed by atoms with E-state index in [0.29, 0.717) is 5.92 Å². The summed E-state index contributed by atoms with van der Waals surface area (Å²) in [5, 5.41) is 8.65. The van der Waals surface area contributed by atoms with Gasteiger partial charge >= 0.3 is 5.97 Å². The lowest BCUT2D eigenvalue weighted by molar-refractivity contribution is -0.136. The summed E-state index contributed by atoms with van der Waals surface area (Å²) in [6, 6.07) is 7.83. The highest BCUT2D eigenvalue weighted by Crippen LogP contribution is 2.19. The van der Waals surface area contributed by atoms with E-state index in [4.69, 9.17) is 5.11 Å². The fourth-order valence-electron chi connectivity index (χ4n) is 1.42. The van der Waals surface area contributed by atoms with Crippen molar-refractivity contribution >= 4 is 5.97 Å². The monoisotopic (exact) mass is 192 g/mol. The van der Waals surface area contributed by atoms with Crippen molar-refractivity contribution in [2.45, 2.75) is 32.6 Å². The molecule has 0 aliphatic carbocycles. The third kappa shape index (κ3) is 2.87. The van der Waals surface area contributed by atoms with Gasteiger partial charge in [0, 0.05) is 0 Å². The first-order valence-corrected chi connectivity index (χ1v) is 4.94. The Kier molecular flexibility index (Phi) is 3.69. The second-order valence-corrected chi connectivity index (χ2v) is 3.62. The van der Waals surface area contributed by atoms with E-state index in [9.17, 15) is 4.79 Å². The van der Waals surface area contributed by atoms with Crippen molar-refractivity contribution in [1.29, 1.82) is 0 Å². The third-order valence-corrected chi connectivity index (χ3v) is 2.49. The van der Waals surface area contributed by atoms with Gasteiger partial charge in [-0.3, -0.25) is 4.79 Å². The standard InChI is InChI=1S/C12H16O2/c1-3-9(2)11-6-4-5-10(7-11)8-12(13)14/h4-7,9H,3,8H2,1-2H3,(H,13,14). The minimum absolute atomic E-state index is 0.115. The molecule has 0 fully saturated rings. The summed E-state index contributed by atoms with van der Waals surface area (Å²) >= 11 is 0. The second-order valence-electron chi connectivity index (χ2n) is 3.62. The number of benzene rings is 1. The lowest BCUT2D eigenvalue weighted by atomic mass is 9.96. The molecule has 2 heteroatoms. The highest BCUT2D eigenvalue weighted by Gasteiger charge is 2.05. The quantitative estimate of drug-likeness (QED) is 0.796. The van der Waals surface area contributed by atoms with E-state index in [1.807, 2.05) is 18.2 Å². The average molecular weight is 192 g/mol. The Bertz CT molecular complexity index is 318. The minimum Gasteiger partial charge on any atom is -0.481 e. The number of carbonyl (C=O) groups is 1. The number of hydrogen-bond donors (Lipinski definition) is 1. The Morgan fingerprint density at radius 2 is 2.21 bits per heavy atom. The van der Waals surface area contributed by atoms with Gasteiger partial charge in [0.15, 0.2) is 0 Å². The molecule has 1 aromatic rings. The molecule has 1 atom stereocenters. The van der Waals surface area contributed by atoms with Gasteiger partial charge in [0.1, 0.15) is 0 Å². The van der Waals surface area contributed by atoms with Crippen molar-refractivity contribution < 1.29 is 9.90 Å². The topological polar surface area (TPSA) is 37.3 Å². The van der Waals surface area contributed by atoms with Crippen molar-refractivity contribution in [3.8, 4) is 0 Å². The number of aliphatic carboxylic acids is 1. The summed E-state index contributed by atoms with van der Waals surface area (Å²) in [6.45, 7) is 4.29. The highest BCUT2D eigenvalue weighted by atomic mass is 16.4. The summed E-state index contributed by atoms with van der Waals surface area (Å²) in [4.78, 5) is 10.5. The van der Waals surface area contributed by atoms with Gasteiger partial charge < -0.3 is 5.11 Å². The first-order chi connectivity index (χ1) is 6.63. The molecule has 0 aromatic heterocycles. The smallest absolute Gasteiger partial charge is 0.307 e. The zero-order valence-corrected chi connectivity index (χ0v) is 8.66. The van der Waals surface area contributed by atoms with E-state index in [-0.39, 0.29) is 6.42 Å². The number of carboxylic acid groups (broad SMARTS) is 1. The van der Waals surface area contributed by atoms with Crippen molar-refractivity contribution in [3.63, 3.8) is 0 Å². The van der Waals surface area contributed by atoms with Crippen molar-refractivity contribution in [1.82, 2.24) is 0 Å². The minimum atomic E-state index is -0.772. The van der Waals surface area contributed by atoms with Gasteiger partial charge in [0.05, 0.1) is 6.42 Å². The summed E-state index contributed by atoms with van der Waals surface area (Å²) in [7, 11) is 0. The van der Waals surface area contributed by atoms with Crippen LogP contribution in [0.4, 0.5) is 0 Å². The van der Waals surface area contributed by atoms with Crippen LogP contribution in [0.3, 0.4) is 0 Å². The van der Waals surface area contributed by atoms with Crippen LogP contribution in [0.15, 0.2) is 24.3 Å². The maximum absolute atomic E-state index is 10.5. The largest absolute Gasteiger partial charge is 0.481 e. The summed E-state index contributed by atoms with van der Waals surface area (Å²) in [5.41, 5.74) is 2.11. The van der Waals surface area contributed by atoms with Gasteiger partial charge in [-0.05, 0) is 23.5 Å². The molecule has 76 valence electrons. The van der Waals surface area contributed by atoms with Crippen LogP contribution in [0.5, 0.6) is 0 Å². The normalized spacial score (nSPS) is 12.4. The second kappa shape index (κ2) is 4.80. The van der Waals surface area contributed by atoms with E-state index < -0.39 is 5.97 Å². The van der Waals surface area contributed by atoms with Crippen molar-refractivity contribution in [3.05, 3.63) is 35.4 Å². The van der Waals surface area contributed by atoms with Gasteiger partial charge in [-0.25, -0.2) is 0 Å². The van der Waals surface area contributed by atoms with Crippen LogP contribution in [0.1, 0.15) is 37.3 Å². The molecule has 1 rings (SSSR count). The summed E-state index contributed by atoms with van der Waals surface area (Å²) < 4.78 is 0. The molecule has 0 heterocycles. The van der Waals surface area contributed by atoms with Crippen LogP contribution >= 0.6 is 0 Å². The fraction of sp³-hybridized carbons (Fsp3) is 0.417. The van der Waals surface area contributed by atoms with Gasteiger partial charge in [0.25, 0.3) is 0 Å². The van der Waals surface area contributed by atoms with E-state index in [2.05, 4.69) is 19.9 Å². The molecule has 0 bridgehead atoms. The third-order valence-electron chi connectivity index (χ3n) is 2.49. The Morgan fingerprint density at radius 3 is 2.79 bits per heavy atom. The van der Waals surface area contributed by atoms with Gasteiger partial charge in [-0.15, -0.1) is 0 Å². The predicted molar refractivity (Wildman–Crippen MR) is 56.5 cm³/mol. The Hall–Kier alpha value is -1.31. The van der Waals surface area contributed by atoms with Crippen LogP contribution in [-0.2, 0) is 11.2 Å². The summed E-state index contributed by atoms with van der Waals surface area (Å²) in [5.74, 6) is -0.268.